The molecule has 1 heterocycles. The van der Waals surface area contributed by atoms with Gasteiger partial charge in [0, 0.05) is 25.8 Å². The molecule has 0 spiro atoms. The molecule has 0 radical (unpaired) electrons. The standard InChI is InChI=1S/C16H10Cl3NOS/c1-8-6-9(17)3-5-12(8)20-16(21)15-14(19)11-4-2-10(18)7-13(11)22-15/h2-7H,1H3,(H,20,21). The fourth-order valence-corrected chi connectivity index (χ4v) is 4.05. The zero-order valence-electron chi connectivity index (χ0n) is 11.4. The van der Waals surface area contributed by atoms with Crippen molar-refractivity contribution in [1.29, 1.82) is 0 Å². The minimum Gasteiger partial charge on any atom is -0.321 e. The summed E-state index contributed by atoms with van der Waals surface area (Å²) in [5.74, 6) is -0.243. The van der Waals surface area contributed by atoms with Crippen LogP contribution in [-0.4, -0.2) is 5.91 Å². The fourth-order valence-electron chi connectivity index (χ4n) is 2.13. The predicted molar refractivity (Wildman–Crippen MR) is 96.0 cm³/mol. The van der Waals surface area contributed by atoms with Crippen LogP contribution in [0.4, 0.5) is 5.69 Å². The number of aryl methyl sites for hydroxylation is 1. The van der Waals surface area contributed by atoms with Crippen LogP contribution < -0.4 is 5.32 Å². The van der Waals surface area contributed by atoms with Crippen molar-refractivity contribution < 1.29 is 4.79 Å². The molecule has 2 nitrogen and oxygen atoms in total. The van der Waals surface area contributed by atoms with Crippen LogP contribution in [-0.2, 0) is 0 Å². The number of amides is 1. The third kappa shape index (κ3) is 2.95. The summed E-state index contributed by atoms with van der Waals surface area (Å²) >= 11 is 19.5. The number of anilines is 1. The van der Waals surface area contributed by atoms with Crippen molar-refractivity contribution >= 4 is 67.8 Å². The zero-order valence-corrected chi connectivity index (χ0v) is 14.5. The summed E-state index contributed by atoms with van der Waals surface area (Å²) in [5, 5.41) is 5.38. The van der Waals surface area contributed by atoms with Gasteiger partial charge in [-0.25, -0.2) is 0 Å². The van der Waals surface area contributed by atoms with Gasteiger partial charge in [-0.15, -0.1) is 11.3 Å². The SMILES string of the molecule is Cc1cc(Cl)ccc1NC(=O)c1sc2cc(Cl)ccc2c1Cl. The van der Waals surface area contributed by atoms with Gasteiger partial charge in [0.05, 0.1) is 5.02 Å². The van der Waals surface area contributed by atoms with Gasteiger partial charge in [0.25, 0.3) is 5.91 Å². The van der Waals surface area contributed by atoms with E-state index in [2.05, 4.69) is 5.32 Å². The first-order valence-electron chi connectivity index (χ1n) is 6.41. The van der Waals surface area contributed by atoms with Crippen LogP contribution in [0, 0.1) is 6.92 Å². The molecule has 0 aliphatic heterocycles. The summed E-state index contributed by atoms with van der Waals surface area (Å²) in [5.41, 5.74) is 1.60. The van der Waals surface area contributed by atoms with E-state index in [-0.39, 0.29) is 5.91 Å². The van der Waals surface area contributed by atoms with E-state index in [0.717, 1.165) is 15.6 Å². The highest BCUT2D eigenvalue weighted by Gasteiger charge is 2.18. The van der Waals surface area contributed by atoms with E-state index in [9.17, 15) is 4.79 Å². The molecule has 0 aliphatic rings. The summed E-state index contributed by atoms with van der Waals surface area (Å²) < 4.78 is 0.885. The average Bonchev–Trinajstić information content (AvgIpc) is 2.78. The number of rotatable bonds is 2. The second kappa shape index (κ2) is 6.09. The quantitative estimate of drug-likeness (QED) is 0.554. The molecule has 112 valence electrons. The van der Waals surface area contributed by atoms with Gasteiger partial charge < -0.3 is 5.32 Å². The normalized spacial score (nSPS) is 10.9. The first kappa shape index (κ1) is 15.6. The van der Waals surface area contributed by atoms with Crippen molar-refractivity contribution in [3.05, 3.63) is 61.9 Å². The Hall–Kier alpha value is -1.26. The number of carbonyl (C=O) groups is 1. The Morgan fingerprint density at radius 1 is 1.05 bits per heavy atom. The van der Waals surface area contributed by atoms with E-state index in [0.29, 0.717) is 25.6 Å². The highest BCUT2D eigenvalue weighted by Crippen LogP contribution is 2.37. The molecular weight excluding hydrogens is 361 g/mol. The van der Waals surface area contributed by atoms with Crippen LogP contribution in [0.25, 0.3) is 10.1 Å². The maximum Gasteiger partial charge on any atom is 0.267 e. The van der Waals surface area contributed by atoms with E-state index in [1.807, 2.05) is 13.0 Å². The molecule has 1 aromatic heterocycles. The second-order valence-corrected chi connectivity index (χ2v) is 7.10. The molecule has 1 N–H and O–H groups in total. The van der Waals surface area contributed by atoms with Gasteiger partial charge in [-0.2, -0.15) is 0 Å². The first-order valence-corrected chi connectivity index (χ1v) is 8.36. The highest BCUT2D eigenvalue weighted by atomic mass is 35.5. The number of carbonyl (C=O) groups excluding carboxylic acids is 1. The number of benzene rings is 2. The lowest BCUT2D eigenvalue weighted by Gasteiger charge is -2.07. The molecule has 22 heavy (non-hydrogen) atoms. The lowest BCUT2D eigenvalue weighted by atomic mass is 10.2. The fraction of sp³-hybridized carbons (Fsp3) is 0.0625. The number of hydrogen-bond donors (Lipinski definition) is 1. The maximum atomic E-state index is 12.5. The van der Waals surface area contributed by atoms with Gasteiger partial charge in [-0.3, -0.25) is 4.79 Å². The molecule has 0 aliphatic carbocycles. The highest BCUT2D eigenvalue weighted by molar-refractivity contribution is 7.21. The summed E-state index contributed by atoms with van der Waals surface area (Å²) in [4.78, 5) is 12.9. The van der Waals surface area contributed by atoms with E-state index in [1.165, 1.54) is 11.3 Å². The molecule has 1 amide bonds. The first-order chi connectivity index (χ1) is 10.5. The average molecular weight is 371 g/mol. The molecule has 0 bridgehead atoms. The molecule has 0 atom stereocenters. The largest absolute Gasteiger partial charge is 0.321 e. The van der Waals surface area contributed by atoms with Crippen LogP contribution >= 0.6 is 46.1 Å². The molecule has 3 aromatic rings. The summed E-state index contributed by atoms with van der Waals surface area (Å²) in [6.07, 6.45) is 0. The van der Waals surface area contributed by atoms with Gasteiger partial charge in [0.1, 0.15) is 4.88 Å². The predicted octanol–water partition coefficient (Wildman–Crippen LogP) is 6.42. The lowest BCUT2D eigenvalue weighted by Crippen LogP contribution is -2.11. The Morgan fingerprint density at radius 3 is 2.45 bits per heavy atom. The molecule has 0 saturated carbocycles. The van der Waals surface area contributed by atoms with Gasteiger partial charge in [0.15, 0.2) is 0 Å². The Kier molecular flexibility index (Phi) is 4.33. The Balaban J connectivity index is 1.97. The Morgan fingerprint density at radius 2 is 1.73 bits per heavy atom. The second-order valence-electron chi connectivity index (χ2n) is 4.80. The number of thiophene rings is 1. The number of hydrogen-bond acceptors (Lipinski definition) is 2. The molecule has 6 heteroatoms. The molecule has 0 unspecified atom stereocenters. The Labute approximate surface area is 146 Å². The molecule has 3 rings (SSSR count). The maximum absolute atomic E-state index is 12.5. The van der Waals surface area contributed by atoms with Gasteiger partial charge in [0.2, 0.25) is 0 Å². The molecule has 0 saturated heterocycles. The number of halogens is 3. The lowest BCUT2D eigenvalue weighted by molar-refractivity contribution is 0.103. The van der Waals surface area contributed by atoms with Crippen molar-refractivity contribution in [3.63, 3.8) is 0 Å². The number of nitrogens with one attached hydrogen (secondary N) is 1. The van der Waals surface area contributed by atoms with Crippen LogP contribution in [0.3, 0.4) is 0 Å². The summed E-state index contributed by atoms with van der Waals surface area (Å²) in [6, 6.07) is 10.7. The van der Waals surface area contributed by atoms with Crippen molar-refractivity contribution in [3.8, 4) is 0 Å². The smallest absolute Gasteiger partial charge is 0.267 e. The van der Waals surface area contributed by atoms with E-state index >= 15 is 0 Å². The van der Waals surface area contributed by atoms with E-state index in [4.69, 9.17) is 34.8 Å². The van der Waals surface area contributed by atoms with Crippen molar-refractivity contribution in [2.75, 3.05) is 5.32 Å². The molecule has 0 fully saturated rings. The van der Waals surface area contributed by atoms with Crippen LogP contribution in [0.2, 0.25) is 15.1 Å². The van der Waals surface area contributed by atoms with Crippen molar-refractivity contribution in [2.45, 2.75) is 6.92 Å². The minimum absolute atomic E-state index is 0.243. The minimum atomic E-state index is -0.243. The summed E-state index contributed by atoms with van der Waals surface area (Å²) in [7, 11) is 0. The Bertz CT molecular complexity index is 888. The van der Waals surface area contributed by atoms with Crippen molar-refractivity contribution in [2.24, 2.45) is 0 Å². The van der Waals surface area contributed by atoms with Crippen LogP contribution in [0.1, 0.15) is 15.2 Å². The van der Waals surface area contributed by atoms with Crippen molar-refractivity contribution in [1.82, 2.24) is 0 Å². The van der Waals surface area contributed by atoms with Crippen LogP contribution in [0.5, 0.6) is 0 Å². The monoisotopic (exact) mass is 369 g/mol. The van der Waals surface area contributed by atoms with Gasteiger partial charge in [-0.05, 0) is 42.8 Å². The van der Waals surface area contributed by atoms with Gasteiger partial charge in [-0.1, -0.05) is 40.9 Å². The molecule has 2 aromatic carbocycles. The molecular formula is C16H10Cl3NOS. The van der Waals surface area contributed by atoms with Gasteiger partial charge >= 0.3 is 0 Å². The zero-order chi connectivity index (χ0) is 15.9. The third-order valence-corrected chi connectivity index (χ3v) is 5.36. The van der Waals surface area contributed by atoms with E-state index < -0.39 is 0 Å². The summed E-state index contributed by atoms with van der Waals surface area (Å²) in [6.45, 7) is 1.88. The van der Waals surface area contributed by atoms with Crippen LogP contribution in [0.15, 0.2) is 36.4 Å². The third-order valence-electron chi connectivity index (χ3n) is 3.23. The van der Waals surface area contributed by atoms with E-state index in [1.54, 1.807) is 30.3 Å². The topological polar surface area (TPSA) is 29.1 Å². The number of fused-ring (bicyclic) bond motifs is 1.